The Morgan fingerprint density at radius 1 is 1.21 bits per heavy atom. The van der Waals surface area contributed by atoms with Crippen molar-refractivity contribution in [3.63, 3.8) is 0 Å². The second-order valence-corrected chi connectivity index (χ2v) is 6.71. The minimum atomic E-state index is 0.0109. The predicted octanol–water partition coefficient (Wildman–Crippen LogP) is 2.01. The summed E-state index contributed by atoms with van der Waals surface area (Å²) in [6, 6.07) is 8.09. The number of piperidine rings is 1. The molecule has 1 heterocycles. The Morgan fingerprint density at radius 2 is 1.88 bits per heavy atom. The number of carbonyl (C=O) groups is 2. The van der Waals surface area contributed by atoms with Crippen LogP contribution in [0.1, 0.15) is 18.4 Å². The number of anilines is 1. The molecule has 1 N–H and O–H groups in total. The lowest BCUT2D eigenvalue weighted by atomic mass is 10.0. The van der Waals surface area contributed by atoms with Gasteiger partial charge in [0.2, 0.25) is 5.91 Å². The van der Waals surface area contributed by atoms with Crippen LogP contribution in [0.5, 0.6) is 0 Å². The van der Waals surface area contributed by atoms with Crippen LogP contribution in [0, 0.1) is 6.92 Å². The van der Waals surface area contributed by atoms with Gasteiger partial charge in [0.05, 0.1) is 6.54 Å². The van der Waals surface area contributed by atoms with Crippen molar-refractivity contribution in [2.75, 3.05) is 46.1 Å². The van der Waals surface area contributed by atoms with E-state index in [4.69, 9.17) is 0 Å². The zero-order valence-electron chi connectivity index (χ0n) is 15.1. The third-order valence-corrected chi connectivity index (χ3v) is 4.46. The van der Waals surface area contributed by atoms with Gasteiger partial charge in [0.15, 0.2) is 0 Å². The third-order valence-electron chi connectivity index (χ3n) is 4.46. The van der Waals surface area contributed by atoms with E-state index in [1.165, 1.54) is 0 Å². The van der Waals surface area contributed by atoms with Crippen molar-refractivity contribution in [3.8, 4) is 0 Å². The first-order valence-electron chi connectivity index (χ1n) is 8.40. The number of hydrogen-bond donors (Lipinski definition) is 1. The van der Waals surface area contributed by atoms with E-state index in [2.05, 4.69) is 10.2 Å². The average molecular weight is 332 g/mol. The van der Waals surface area contributed by atoms with Gasteiger partial charge in [-0.1, -0.05) is 12.1 Å². The van der Waals surface area contributed by atoms with Crippen molar-refractivity contribution in [3.05, 3.63) is 29.8 Å². The second-order valence-electron chi connectivity index (χ2n) is 6.71. The van der Waals surface area contributed by atoms with E-state index in [0.717, 1.165) is 37.2 Å². The molecule has 1 fully saturated rings. The smallest absolute Gasteiger partial charge is 0.319 e. The number of hydrogen-bond acceptors (Lipinski definition) is 3. The molecule has 6 heteroatoms. The van der Waals surface area contributed by atoms with Crippen LogP contribution in [0.15, 0.2) is 24.3 Å². The molecule has 1 saturated heterocycles. The highest BCUT2D eigenvalue weighted by Gasteiger charge is 2.26. The van der Waals surface area contributed by atoms with E-state index in [9.17, 15) is 9.59 Å². The van der Waals surface area contributed by atoms with Gasteiger partial charge in [-0.05, 0) is 37.5 Å². The van der Waals surface area contributed by atoms with Crippen LogP contribution >= 0.6 is 0 Å². The second kappa shape index (κ2) is 8.15. The van der Waals surface area contributed by atoms with Gasteiger partial charge in [0, 0.05) is 46.0 Å². The molecule has 1 aliphatic heterocycles. The SMILES string of the molecule is Cc1cccc(NC(=O)CN2CCC(N(C)C(=O)N(C)C)CC2)c1. The van der Waals surface area contributed by atoms with Crippen molar-refractivity contribution in [2.24, 2.45) is 0 Å². The van der Waals surface area contributed by atoms with Gasteiger partial charge in [0.1, 0.15) is 0 Å². The molecule has 2 rings (SSSR count). The highest BCUT2D eigenvalue weighted by Crippen LogP contribution is 2.16. The molecule has 0 atom stereocenters. The highest BCUT2D eigenvalue weighted by atomic mass is 16.2. The maximum atomic E-state index is 12.2. The molecule has 0 aliphatic carbocycles. The fourth-order valence-corrected chi connectivity index (χ4v) is 3.06. The molecular formula is C18H28N4O2. The Bertz CT molecular complexity index is 580. The Hall–Kier alpha value is -2.08. The first kappa shape index (κ1) is 18.3. The molecule has 0 spiro atoms. The van der Waals surface area contributed by atoms with Crippen LogP contribution in [0.3, 0.4) is 0 Å². The number of benzene rings is 1. The van der Waals surface area contributed by atoms with Gasteiger partial charge in [-0.2, -0.15) is 0 Å². The van der Waals surface area contributed by atoms with Crippen molar-refractivity contribution < 1.29 is 9.59 Å². The van der Waals surface area contributed by atoms with E-state index >= 15 is 0 Å². The Labute approximate surface area is 144 Å². The highest BCUT2D eigenvalue weighted by molar-refractivity contribution is 5.92. The molecule has 0 bridgehead atoms. The largest absolute Gasteiger partial charge is 0.331 e. The number of likely N-dealkylation sites (tertiary alicyclic amines) is 1. The summed E-state index contributed by atoms with van der Waals surface area (Å²) in [6.07, 6.45) is 1.79. The number of amides is 3. The molecule has 0 unspecified atom stereocenters. The van der Waals surface area contributed by atoms with Crippen LogP contribution in [0.4, 0.5) is 10.5 Å². The molecule has 24 heavy (non-hydrogen) atoms. The molecule has 1 aliphatic rings. The lowest BCUT2D eigenvalue weighted by Gasteiger charge is -2.37. The fraction of sp³-hybridized carbons (Fsp3) is 0.556. The molecule has 0 aromatic heterocycles. The third kappa shape index (κ3) is 4.96. The summed E-state index contributed by atoms with van der Waals surface area (Å²) in [6.45, 7) is 4.06. The predicted molar refractivity (Wildman–Crippen MR) is 96.1 cm³/mol. The van der Waals surface area contributed by atoms with E-state index in [1.54, 1.807) is 19.0 Å². The van der Waals surface area contributed by atoms with Crippen LogP contribution < -0.4 is 5.32 Å². The first-order valence-corrected chi connectivity index (χ1v) is 8.40. The lowest BCUT2D eigenvalue weighted by molar-refractivity contribution is -0.117. The van der Waals surface area contributed by atoms with Gasteiger partial charge in [0.25, 0.3) is 0 Å². The number of urea groups is 1. The summed E-state index contributed by atoms with van der Waals surface area (Å²) >= 11 is 0. The standard InChI is InChI=1S/C18H28N4O2/c1-14-6-5-7-15(12-14)19-17(23)13-22-10-8-16(9-11-22)21(4)18(24)20(2)3/h5-7,12,16H,8-11,13H2,1-4H3,(H,19,23). The van der Waals surface area contributed by atoms with Gasteiger partial charge >= 0.3 is 6.03 Å². The summed E-state index contributed by atoms with van der Waals surface area (Å²) in [5.41, 5.74) is 1.97. The van der Waals surface area contributed by atoms with Gasteiger partial charge in [-0.3, -0.25) is 9.69 Å². The van der Waals surface area contributed by atoms with Crippen molar-refractivity contribution in [1.29, 1.82) is 0 Å². The van der Waals surface area contributed by atoms with Crippen LogP contribution in [-0.2, 0) is 4.79 Å². The number of nitrogens with one attached hydrogen (secondary N) is 1. The van der Waals surface area contributed by atoms with Gasteiger partial charge < -0.3 is 15.1 Å². The average Bonchev–Trinajstić information content (AvgIpc) is 2.54. The number of carbonyl (C=O) groups excluding carboxylic acids is 2. The molecule has 1 aromatic carbocycles. The van der Waals surface area contributed by atoms with Crippen LogP contribution in [0.2, 0.25) is 0 Å². The minimum absolute atomic E-state index is 0.0109. The van der Waals surface area contributed by atoms with Crippen LogP contribution in [0.25, 0.3) is 0 Å². The molecular weight excluding hydrogens is 304 g/mol. The van der Waals surface area contributed by atoms with Crippen molar-refractivity contribution >= 4 is 17.6 Å². The number of aryl methyl sites for hydroxylation is 1. The molecule has 3 amide bonds. The molecule has 6 nitrogen and oxygen atoms in total. The lowest BCUT2D eigenvalue weighted by Crippen LogP contribution is -2.49. The summed E-state index contributed by atoms with van der Waals surface area (Å²) in [5.74, 6) is 0.0109. The number of rotatable bonds is 4. The maximum Gasteiger partial charge on any atom is 0.319 e. The Kier molecular flexibility index (Phi) is 6.20. The van der Waals surface area contributed by atoms with E-state index in [0.29, 0.717) is 6.54 Å². The molecule has 132 valence electrons. The van der Waals surface area contributed by atoms with Crippen LogP contribution in [-0.4, -0.2) is 73.5 Å². The van der Waals surface area contributed by atoms with E-state index < -0.39 is 0 Å². The van der Waals surface area contributed by atoms with Crippen molar-refractivity contribution in [1.82, 2.24) is 14.7 Å². The zero-order valence-corrected chi connectivity index (χ0v) is 15.1. The summed E-state index contributed by atoms with van der Waals surface area (Å²) < 4.78 is 0. The van der Waals surface area contributed by atoms with E-state index in [1.807, 2.05) is 43.1 Å². The summed E-state index contributed by atoms with van der Waals surface area (Å²) in [5, 5.41) is 2.95. The van der Waals surface area contributed by atoms with Gasteiger partial charge in [-0.25, -0.2) is 4.79 Å². The quantitative estimate of drug-likeness (QED) is 0.918. The maximum absolute atomic E-state index is 12.2. The summed E-state index contributed by atoms with van der Waals surface area (Å²) in [4.78, 5) is 29.7. The fourth-order valence-electron chi connectivity index (χ4n) is 3.06. The minimum Gasteiger partial charge on any atom is -0.331 e. The number of nitrogens with zero attached hydrogens (tertiary/aromatic N) is 3. The van der Waals surface area contributed by atoms with Gasteiger partial charge in [-0.15, -0.1) is 0 Å². The Balaban J connectivity index is 1.78. The molecule has 1 aromatic rings. The van der Waals surface area contributed by atoms with Crippen molar-refractivity contribution in [2.45, 2.75) is 25.8 Å². The normalized spacial score (nSPS) is 15.8. The zero-order chi connectivity index (χ0) is 17.7. The summed E-state index contributed by atoms with van der Waals surface area (Å²) in [7, 11) is 5.39. The molecule has 0 saturated carbocycles. The molecule has 0 radical (unpaired) electrons. The first-order chi connectivity index (χ1) is 11.4. The topological polar surface area (TPSA) is 55.9 Å². The Morgan fingerprint density at radius 3 is 2.46 bits per heavy atom. The van der Waals surface area contributed by atoms with E-state index in [-0.39, 0.29) is 18.0 Å². The monoisotopic (exact) mass is 332 g/mol.